The molecule has 0 aromatic heterocycles. The lowest BCUT2D eigenvalue weighted by Gasteiger charge is -2.29. The monoisotopic (exact) mass is 476 g/mol. The van der Waals surface area contributed by atoms with Crippen molar-refractivity contribution in [3.8, 4) is 11.1 Å². The molecule has 35 heavy (non-hydrogen) atoms. The first-order valence-electron chi connectivity index (χ1n) is 12.6. The van der Waals surface area contributed by atoms with E-state index in [4.69, 9.17) is 4.74 Å². The predicted molar refractivity (Wildman–Crippen MR) is 131 cm³/mol. The van der Waals surface area contributed by atoms with Crippen molar-refractivity contribution in [2.24, 2.45) is 5.41 Å². The number of unbranched alkanes of at least 4 members (excludes halogenated alkanes) is 1. The van der Waals surface area contributed by atoms with Crippen molar-refractivity contribution in [1.82, 2.24) is 10.2 Å². The maximum atomic E-state index is 12.7. The smallest absolute Gasteiger partial charge is 0.407 e. The van der Waals surface area contributed by atoms with Crippen LogP contribution in [0.5, 0.6) is 0 Å². The van der Waals surface area contributed by atoms with E-state index in [1.165, 1.54) is 22.3 Å². The van der Waals surface area contributed by atoms with Crippen LogP contribution in [0.25, 0.3) is 11.1 Å². The number of hydrogen-bond donors (Lipinski definition) is 2. The molecule has 0 spiro atoms. The number of amides is 2. The van der Waals surface area contributed by atoms with Gasteiger partial charge in [0.25, 0.3) is 0 Å². The number of nitrogens with zero attached hydrogens (tertiary/aromatic N) is 1. The molecule has 2 N–H and O–H groups in total. The lowest BCUT2D eigenvalue weighted by Crippen LogP contribution is -2.43. The quantitative estimate of drug-likeness (QED) is 0.545. The summed E-state index contributed by atoms with van der Waals surface area (Å²) >= 11 is 0. The Hall–Kier alpha value is -3.35. The Bertz CT molecular complexity index is 1090. The fourth-order valence-electron chi connectivity index (χ4n) is 6.31. The van der Waals surface area contributed by atoms with E-state index in [2.05, 4.69) is 29.6 Å². The highest BCUT2D eigenvalue weighted by Gasteiger charge is 2.56. The Kier molecular flexibility index (Phi) is 6.50. The van der Waals surface area contributed by atoms with E-state index in [0.717, 1.165) is 12.8 Å². The van der Waals surface area contributed by atoms with Gasteiger partial charge in [-0.25, -0.2) is 4.79 Å². The number of alkyl carbamates (subject to hydrolysis) is 1. The van der Waals surface area contributed by atoms with Gasteiger partial charge < -0.3 is 20.1 Å². The summed E-state index contributed by atoms with van der Waals surface area (Å²) in [5, 5.41) is 12.5. The number of nitrogens with one attached hydrogen (secondary N) is 1. The molecule has 5 rings (SSSR count). The van der Waals surface area contributed by atoms with Crippen molar-refractivity contribution in [2.45, 2.75) is 56.9 Å². The fourth-order valence-corrected chi connectivity index (χ4v) is 6.31. The first-order chi connectivity index (χ1) is 17.0. The van der Waals surface area contributed by atoms with E-state index in [1.807, 2.05) is 24.3 Å². The second-order valence-electron chi connectivity index (χ2n) is 9.92. The second kappa shape index (κ2) is 9.72. The zero-order chi connectivity index (χ0) is 24.4. The summed E-state index contributed by atoms with van der Waals surface area (Å²) in [5.74, 6) is -0.705. The van der Waals surface area contributed by atoms with Crippen LogP contribution in [0.15, 0.2) is 48.5 Å². The molecule has 0 bridgehead atoms. The largest absolute Gasteiger partial charge is 0.481 e. The van der Waals surface area contributed by atoms with Gasteiger partial charge in [-0.15, -0.1) is 0 Å². The van der Waals surface area contributed by atoms with Crippen LogP contribution in [-0.4, -0.2) is 53.7 Å². The topological polar surface area (TPSA) is 95.9 Å². The summed E-state index contributed by atoms with van der Waals surface area (Å²) in [5.41, 5.74) is 4.00. The normalized spacial score (nSPS) is 22.4. The Morgan fingerprint density at radius 1 is 1.00 bits per heavy atom. The van der Waals surface area contributed by atoms with Gasteiger partial charge >= 0.3 is 12.1 Å². The molecule has 2 atom stereocenters. The minimum Gasteiger partial charge on any atom is -0.481 e. The summed E-state index contributed by atoms with van der Waals surface area (Å²) in [7, 11) is 0. The third kappa shape index (κ3) is 4.28. The number of aliphatic carboxylic acids is 1. The van der Waals surface area contributed by atoms with Crippen LogP contribution >= 0.6 is 0 Å². The molecule has 1 aliphatic heterocycles. The Labute approximate surface area is 205 Å². The molecule has 1 heterocycles. The molecule has 2 aromatic rings. The van der Waals surface area contributed by atoms with Crippen LogP contribution in [-0.2, 0) is 14.3 Å². The predicted octanol–water partition coefficient (Wildman–Crippen LogP) is 4.55. The van der Waals surface area contributed by atoms with Gasteiger partial charge in [0.15, 0.2) is 0 Å². The van der Waals surface area contributed by atoms with Crippen LogP contribution in [0.1, 0.15) is 62.0 Å². The Morgan fingerprint density at radius 2 is 1.69 bits per heavy atom. The van der Waals surface area contributed by atoms with Crippen molar-refractivity contribution in [3.63, 3.8) is 0 Å². The summed E-state index contributed by atoms with van der Waals surface area (Å²) in [6, 6.07) is 16.3. The molecule has 2 unspecified atom stereocenters. The number of likely N-dealkylation sites (tertiary alicyclic amines) is 1. The highest BCUT2D eigenvalue weighted by Crippen LogP contribution is 2.49. The van der Waals surface area contributed by atoms with Gasteiger partial charge in [0.1, 0.15) is 6.61 Å². The van der Waals surface area contributed by atoms with Crippen LogP contribution < -0.4 is 5.32 Å². The molecule has 2 aliphatic carbocycles. The minimum absolute atomic E-state index is 0.0275. The third-order valence-corrected chi connectivity index (χ3v) is 8.09. The lowest BCUT2D eigenvalue weighted by atomic mass is 9.82. The molecule has 1 saturated carbocycles. The van der Waals surface area contributed by atoms with Gasteiger partial charge in [0, 0.05) is 31.5 Å². The lowest BCUT2D eigenvalue weighted by molar-refractivity contribution is -0.150. The van der Waals surface area contributed by atoms with E-state index in [-0.39, 0.29) is 24.5 Å². The average molecular weight is 477 g/mol. The van der Waals surface area contributed by atoms with Crippen molar-refractivity contribution in [3.05, 3.63) is 59.7 Å². The van der Waals surface area contributed by atoms with Crippen LogP contribution in [0, 0.1) is 5.41 Å². The Morgan fingerprint density at radius 3 is 2.37 bits per heavy atom. The first kappa shape index (κ1) is 23.4. The maximum absolute atomic E-state index is 12.7. The molecule has 1 saturated heterocycles. The van der Waals surface area contributed by atoms with Gasteiger partial charge in [-0.2, -0.15) is 0 Å². The SMILES string of the molecule is O=C(NCCCCC(=O)N1CCC2(C(=O)O)CCCC12)OCC1c2ccccc2-c2ccccc21. The zero-order valence-corrected chi connectivity index (χ0v) is 19.9. The maximum Gasteiger partial charge on any atom is 0.407 e. The number of rotatable bonds is 8. The molecule has 7 nitrogen and oxygen atoms in total. The number of ether oxygens (including phenoxy) is 1. The van der Waals surface area contributed by atoms with Gasteiger partial charge in [0.2, 0.25) is 5.91 Å². The molecule has 2 fully saturated rings. The molecular formula is C28H32N2O5. The number of carboxylic acid groups (broad SMARTS) is 1. The zero-order valence-electron chi connectivity index (χ0n) is 19.9. The van der Waals surface area contributed by atoms with E-state index in [1.54, 1.807) is 4.90 Å². The first-order valence-corrected chi connectivity index (χ1v) is 12.6. The van der Waals surface area contributed by atoms with Crippen LogP contribution in [0.4, 0.5) is 4.79 Å². The number of carbonyl (C=O) groups is 3. The number of hydrogen-bond acceptors (Lipinski definition) is 4. The third-order valence-electron chi connectivity index (χ3n) is 8.09. The fraction of sp³-hybridized carbons (Fsp3) is 0.464. The van der Waals surface area contributed by atoms with Crippen molar-refractivity contribution >= 4 is 18.0 Å². The number of benzene rings is 2. The molecular weight excluding hydrogens is 444 g/mol. The highest BCUT2D eigenvalue weighted by molar-refractivity contribution is 5.82. The van der Waals surface area contributed by atoms with Gasteiger partial charge in [-0.1, -0.05) is 55.0 Å². The van der Waals surface area contributed by atoms with Crippen LogP contribution in [0.3, 0.4) is 0 Å². The molecule has 7 heteroatoms. The van der Waals surface area contributed by atoms with Crippen molar-refractivity contribution in [2.75, 3.05) is 19.7 Å². The van der Waals surface area contributed by atoms with Gasteiger partial charge in [-0.05, 0) is 54.4 Å². The minimum atomic E-state index is -0.761. The molecule has 2 aromatic carbocycles. The average Bonchev–Trinajstić information content (AvgIpc) is 3.53. The summed E-state index contributed by atoms with van der Waals surface area (Å²) < 4.78 is 5.55. The number of carbonyl (C=O) groups excluding carboxylic acids is 2. The molecule has 0 radical (unpaired) electrons. The van der Waals surface area contributed by atoms with Gasteiger partial charge in [0.05, 0.1) is 5.41 Å². The number of carboxylic acids is 1. The summed E-state index contributed by atoms with van der Waals surface area (Å²) in [6.07, 6.45) is 4.10. The highest BCUT2D eigenvalue weighted by atomic mass is 16.5. The van der Waals surface area contributed by atoms with E-state index < -0.39 is 17.5 Å². The Balaban J connectivity index is 1.04. The van der Waals surface area contributed by atoms with E-state index in [9.17, 15) is 19.5 Å². The molecule has 2 amide bonds. The number of fused-ring (bicyclic) bond motifs is 4. The van der Waals surface area contributed by atoms with Crippen molar-refractivity contribution in [1.29, 1.82) is 0 Å². The summed E-state index contributed by atoms with van der Waals surface area (Å²) in [6.45, 7) is 1.25. The van der Waals surface area contributed by atoms with Gasteiger partial charge in [-0.3, -0.25) is 9.59 Å². The standard InChI is InChI=1S/C28H32N2O5/c31-25(30-17-15-28(26(32)33)14-7-12-24(28)30)13-5-6-16-29-27(34)35-18-23-21-10-3-1-8-19(21)20-9-2-4-11-22(20)23/h1-4,8-11,23-24H,5-7,12-18H2,(H,29,34)(H,32,33). The summed E-state index contributed by atoms with van der Waals surface area (Å²) in [4.78, 5) is 38.6. The van der Waals surface area contributed by atoms with E-state index in [0.29, 0.717) is 45.2 Å². The van der Waals surface area contributed by atoms with E-state index >= 15 is 0 Å². The molecule has 3 aliphatic rings. The molecule has 184 valence electrons. The van der Waals surface area contributed by atoms with Crippen LogP contribution in [0.2, 0.25) is 0 Å². The second-order valence-corrected chi connectivity index (χ2v) is 9.92. The van der Waals surface area contributed by atoms with Crippen molar-refractivity contribution < 1.29 is 24.2 Å².